The quantitative estimate of drug-likeness (QED) is 0.598. The Bertz CT molecular complexity index is 901. The molecule has 1 aromatic heterocycles. The Morgan fingerprint density at radius 3 is 2.88 bits per heavy atom. The van der Waals surface area contributed by atoms with E-state index >= 15 is 0 Å². The van der Waals surface area contributed by atoms with E-state index in [1.165, 1.54) is 11.8 Å². The van der Waals surface area contributed by atoms with Crippen molar-refractivity contribution in [3.63, 3.8) is 0 Å². The van der Waals surface area contributed by atoms with Crippen molar-refractivity contribution in [3.8, 4) is 17.2 Å². The van der Waals surface area contributed by atoms with E-state index in [1.807, 2.05) is 24.3 Å². The van der Waals surface area contributed by atoms with Gasteiger partial charge in [-0.15, -0.1) is 10.2 Å². The number of ether oxygens (including phenoxy) is 1. The fraction of sp³-hybridized carbons (Fsp3) is 0.167. The molecule has 1 heterocycles. The minimum atomic E-state index is -0.114. The first-order chi connectivity index (χ1) is 12.7. The number of methoxy groups -OCH3 is 1. The van der Waals surface area contributed by atoms with Gasteiger partial charge in [-0.25, -0.2) is 0 Å². The smallest absolute Gasteiger partial charge is 0.276 e. The van der Waals surface area contributed by atoms with Crippen molar-refractivity contribution in [3.05, 3.63) is 53.6 Å². The lowest BCUT2D eigenvalue weighted by Crippen LogP contribution is -2.12. The molecule has 2 aromatic carbocycles. The first-order valence-electron chi connectivity index (χ1n) is 7.81. The second-order valence-corrected chi connectivity index (χ2v) is 6.71. The second kappa shape index (κ2) is 8.73. The minimum absolute atomic E-state index is 0.114. The first-order valence-corrected chi connectivity index (χ1v) is 9.17. The van der Waals surface area contributed by atoms with Crippen molar-refractivity contribution in [2.24, 2.45) is 0 Å². The van der Waals surface area contributed by atoms with Gasteiger partial charge in [-0.3, -0.25) is 4.79 Å². The third-order valence-corrected chi connectivity index (χ3v) is 4.47. The summed E-state index contributed by atoms with van der Waals surface area (Å²) in [6.45, 7) is 0. The Labute approximate surface area is 159 Å². The van der Waals surface area contributed by atoms with Crippen molar-refractivity contribution in [2.45, 2.75) is 11.6 Å². The van der Waals surface area contributed by atoms with Gasteiger partial charge in [0.05, 0.1) is 12.8 Å². The van der Waals surface area contributed by atoms with Crippen LogP contribution in [0.25, 0.3) is 11.5 Å². The molecule has 8 heteroatoms. The van der Waals surface area contributed by atoms with E-state index in [-0.39, 0.29) is 5.91 Å². The first kappa shape index (κ1) is 18.3. The zero-order chi connectivity index (χ0) is 18.4. The normalized spacial score (nSPS) is 10.5. The monoisotopic (exact) mass is 389 g/mol. The maximum absolute atomic E-state index is 12.1. The van der Waals surface area contributed by atoms with Crippen LogP contribution in [0.4, 0.5) is 5.69 Å². The number of rotatable bonds is 7. The molecule has 0 saturated heterocycles. The largest absolute Gasteiger partial charge is 0.495 e. The Balaban J connectivity index is 1.51. The number of hydrogen-bond acceptors (Lipinski definition) is 6. The van der Waals surface area contributed by atoms with Gasteiger partial charge in [0.2, 0.25) is 11.8 Å². The Morgan fingerprint density at radius 2 is 2.08 bits per heavy atom. The van der Waals surface area contributed by atoms with Crippen LogP contribution >= 0.6 is 23.4 Å². The van der Waals surface area contributed by atoms with E-state index < -0.39 is 0 Å². The van der Waals surface area contributed by atoms with Crippen molar-refractivity contribution < 1.29 is 13.9 Å². The van der Waals surface area contributed by atoms with E-state index in [9.17, 15) is 4.79 Å². The van der Waals surface area contributed by atoms with Gasteiger partial charge in [-0.05, 0) is 30.3 Å². The third kappa shape index (κ3) is 4.77. The van der Waals surface area contributed by atoms with Gasteiger partial charge in [0, 0.05) is 22.8 Å². The molecule has 0 aliphatic rings. The lowest BCUT2D eigenvalue weighted by molar-refractivity contribution is -0.115. The maximum Gasteiger partial charge on any atom is 0.276 e. The molecule has 0 saturated carbocycles. The highest BCUT2D eigenvalue weighted by molar-refractivity contribution is 7.99. The SMILES string of the molecule is COc1ccccc1NC(=O)CCSc1nnc(-c2cccc(Cl)c2)o1. The second-order valence-electron chi connectivity index (χ2n) is 5.23. The van der Waals surface area contributed by atoms with E-state index in [4.69, 9.17) is 20.8 Å². The molecule has 1 N–H and O–H groups in total. The van der Waals surface area contributed by atoms with E-state index in [2.05, 4.69) is 15.5 Å². The van der Waals surface area contributed by atoms with Crippen LogP contribution in [0.2, 0.25) is 5.02 Å². The van der Waals surface area contributed by atoms with Crippen LogP contribution in [-0.4, -0.2) is 29.0 Å². The number of hydrogen-bond donors (Lipinski definition) is 1. The number of thioether (sulfide) groups is 1. The number of carbonyl (C=O) groups excluding carboxylic acids is 1. The summed E-state index contributed by atoms with van der Waals surface area (Å²) in [5.74, 6) is 1.42. The number of anilines is 1. The molecule has 3 aromatic rings. The molecule has 1 amide bonds. The van der Waals surface area contributed by atoms with Gasteiger partial charge in [0.25, 0.3) is 5.22 Å². The molecular weight excluding hydrogens is 374 g/mol. The van der Waals surface area contributed by atoms with E-state index in [1.54, 1.807) is 31.4 Å². The highest BCUT2D eigenvalue weighted by Crippen LogP contribution is 2.26. The van der Waals surface area contributed by atoms with Crippen LogP contribution < -0.4 is 10.1 Å². The molecule has 0 unspecified atom stereocenters. The summed E-state index contributed by atoms with van der Waals surface area (Å²) < 4.78 is 10.8. The third-order valence-electron chi connectivity index (χ3n) is 3.41. The molecule has 6 nitrogen and oxygen atoms in total. The highest BCUT2D eigenvalue weighted by atomic mass is 35.5. The Morgan fingerprint density at radius 1 is 1.23 bits per heavy atom. The number of aromatic nitrogens is 2. The van der Waals surface area contributed by atoms with Crippen molar-refractivity contribution in [1.82, 2.24) is 10.2 Å². The van der Waals surface area contributed by atoms with Crippen LogP contribution in [0.1, 0.15) is 6.42 Å². The summed E-state index contributed by atoms with van der Waals surface area (Å²) in [5.41, 5.74) is 1.40. The van der Waals surface area contributed by atoms with Crippen molar-refractivity contribution in [1.29, 1.82) is 0 Å². The fourth-order valence-corrected chi connectivity index (χ4v) is 3.09. The summed E-state index contributed by atoms with van der Waals surface area (Å²) in [7, 11) is 1.56. The lowest BCUT2D eigenvalue weighted by Gasteiger charge is -2.09. The van der Waals surface area contributed by atoms with Gasteiger partial charge >= 0.3 is 0 Å². The van der Waals surface area contributed by atoms with Gasteiger partial charge in [-0.1, -0.05) is 41.6 Å². The van der Waals surface area contributed by atoms with Crippen LogP contribution in [0.5, 0.6) is 5.75 Å². The number of para-hydroxylation sites is 2. The van der Waals surface area contributed by atoms with E-state index in [0.29, 0.717) is 39.7 Å². The number of nitrogens with one attached hydrogen (secondary N) is 1. The zero-order valence-corrected chi connectivity index (χ0v) is 15.5. The zero-order valence-electron chi connectivity index (χ0n) is 13.9. The molecule has 0 fully saturated rings. The molecule has 0 radical (unpaired) electrons. The molecule has 0 aliphatic carbocycles. The van der Waals surface area contributed by atoms with Gasteiger partial charge in [0.1, 0.15) is 5.75 Å². The summed E-state index contributed by atoms with van der Waals surface area (Å²) in [6.07, 6.45) is 0.303. The lowest BCUT2D eigenvalue weighted by atomic mass is 10.2. The van der Waals surface area contributed by atoms with E-state index in [0.717, 1.165) is 5.56 Å². The molecule has 0 spiro atoms. The van der Waals surface area contributed by atoms with Crippen LogP contribution in [0.15, 0.2) is 58.2 Å². The average Bonchev–Trinajstić information content (AvgIpc) is 3.11. The summed E-state index contributed by atoms with van der Waals surface area (Å²) >= 11 is 7.28. The summed E-state index contributed by atoms with van der Waals surface area (Å²) in [4.78, 5) is 12.1. The molecule has 0 atom stereocenters. The molecule has 26 heavy (non-hydrogen) atoms. The molecular formula is C18H16ClN3O3S. The predicted molar refractivity (Wildman–Crippen MR) is 102 cm³/mol. The average molecular weight is 390 g/mol. The van der Waals surface area contributed by atoms with Gasteiger partial charge in [0.15, 0.2) is 0 Å². The Hall–Kier alpha value is -2.51. The highest BCUT2D eigenvalue weighted by Gasteiger charge is 2.11. The van der Waals surface area contributed by atoms with Crippen molar-refractivity contribution >= 4 is 35.0 Å². The van der Waals surface area contributed by atoms with Crippen LogP contribution in [0, 0.1) is 0 Å². The molecule has 134 valence electrons. The molecule has 3 rings (SSSR count). The van der Waals surface area contributed by atoms with Crippen LogP contribution in [0.3, 0.4) is 0 Å². The maximum atomic E-state index is 12.1. The minimum Gasteiger partial charge on any atom is -0.495 e. The number of halogens is 1. The molecule has 0 bridgehead atoms. The topological polar surface area (TPSA) is 77.2 Å². The summed E-state index contributed by atoms with van der Waals surface area (Å²) in [6, 6.07) is 14.5. The number of carbonyl (C=O) groups is 1. The van der Waals surface area contributed by atoms with Gasteiger partial charge in [-0.2, -0.15) is 0 Å². The van der Waals surface area contributed by atoms with Gasteiger partial charge < -0.3 is 14.5 Å². The number of benzene rings is 2. The fourth-order valence-electron chi connectivity index (χ4n) is 2.20. The standard InChI is InChI=1S/C18H16ClN3O3S/c1-24-15-8-3-2-7-14(15)20-16(23)9-10-26-18-22-21-17(25-18)12-5-4-6-13(19)11-12/h2-8,11H,9-10H2,1H3,(H,20,23). The Kier molecular flexibility index (Phi) is 6.14. The molecule has 0 aliphatic heterocycles. The predicted octanol–water partition coefficient (Wildman–Crippen LogP) is 4.52. The number of amides is 1. The van der Waals surface area contributed by atoms with Crippen molar-refractivity contribution in [2.75, 3.05) is 18.2 Å². The number of nitrogens with zero attached hydrogens (tertiary/aromatic N) is 2. The van der Waals surface area contributed by atoms with Crippen LogP contribution in [-0.2, 0) is 4.79 Å². The summed E-state index contributed by atoms with van der Waals surface area (Å²) in [5, 5.41) is 11.8.